The minimum atomic E-state index is -3.09. The first-order chi connectivity index (χ1) is 17.5. The molecule has 1 aromatic heterocycles. The molecule has 3 heteroatoms. The highest BCUT2D eigenvalue weighted by atomic mass is 31.2. The van der Waals surface area contributed by atoms with Crippen molar-refractivity contribution < 1.29 is 4.57 Å². The van der Waals surface area contributed by atoms with Crippen LogP contribution in [0, 0.1) is 0 Å². The van der Waals surface area contributed by atoms with Crippen molar-refractivity contribution in [3.05, 3.63) is 132 Å². The van der Waals surface area contributed by atoms with Gasteiger partial charge in [-0.3, -0.25) is 0 Å². The Bertz CT molecular complexity index is 1790. The van der Waals surface area contributed by atoms with Crippen LogP contribution in [0.25, 0.3) is 27.5 Å². The number of fused-ring (bicyclic) bond motifs is 5. The van der Waals surface area contributed by atoms with Crippen LogP contribution < -0.4 is 15.9 Å². The van der Waals surface area contributed by atoms with Gasteiger partial charge in [0.2, 0.25) is 0 Å². The van der Waals surface area contributed by atoms with Gasteiger partial charge in [-0.1, -0.05) is 111 Å². The lowest BCUT2D eigenvalue weighted by Gasteiger charge is -2.39. The Morgan fingerprint density at radius 3 is 1.83 bits per heavy atom. The van der Waals surface area contributed by atoms with E-state index in [0.29, 0.717) is 0 Å². The molecule has 0 spiro atoms. The molecule has 0 radical (unpaired) electrons. The van der Waals surface area contributed by atoms with Gasteiger partial charge < -0.3 is 9.13 Å². The minimum absolute atomic E-state index is 0.256. The molecule has 174 valence electrons. The van der Waals surface area contributed by atoms with Gasteiger partial charge in [-0.25, -0.2) is 0 Å². The second kappa shape index (κ2) is 7.56. The maximum atomic E-state index is 15.4. The quantitative estimate of drug-likeness (QED) is 0.242. The van der Waals surface area contributed by atoms with Crippen LogP contribution >= 0.6 is 7.14 Å². The Kier molecular flexibility index (Phi) is 4.50. The molecule has 0 aliphatic carbocycles. The van der Waals surface area contributed by atoms with Crippen molar-refractivity contribution in [2.75, 3.05) is 0 Å². The third-order valence-corrected chi connectivity index (χ3v) is 11.0. The van der Waals surface area contributed by atoms with Crippen LogP contribution in [0.5, 0.6) is 0 Å². The molecule has 0 amide bonds. The maximum absolute atomic E-state index is 15.4. The van der Waals surface area contributed by atoms with E-state index in [1.165, 1.54) is 10.8 Å². The zero-order valence-corrected chi connectivity index (χ0v) is 21.2. The van der Waals surface area contributed by atoms with Crippen molar-refractivity contribution in [1.82, 2.24) is 4.57 Å². The first-order valence-corrected chi connectivity index (χ1v) is 14.1. The van der Waals surface area contributed by atoms with E-state index in [2.05, 4.69) is 103 Å². The van der Waals surface area contributed by atoms with Crippen LogP contribution in [0.4, 0.5) is 0 Å². The van der Waals surface area contributed by atoms with Crippen LogP contribution in [0.1, 0.15) is 25.0 Å². The third-order valence-electron chi connectivity index (χ3n) is 7.87. The molecule has 2 nitrogen and oxygen atoms in total. The number of hydrogen-bond donors (Lipinski definition) is 0. The largest absolute Gasteiger partial charge is 0.309 e. The van der Waals surface area contributed by atoms with Gasteiger partial charge in [-0.2, -0.15) is 0 Å². The number of para-hydroxylation sites is 2. The minimum Gasteiger partial charge on any atom is -0.309 e. The smallest absolute Gasteiger partial charge is 0.171 e. The summed E-state index contributed by atoms with van der Waals surface area (Å²) < 4.78 is 17.7. The molecule has 0 N–H and O–H groups in total. The topological polar surface area (TPSA) is 22.0 Å². The van der Waals surface area contributed by atoms with Crippen LogP contribution in [0.2, 0.25) is 0 Å². The lowest BCUT2D eigenvalue weighted by atomic mass is 9.77. The summed E-state index contributed by atoms with van der Waals surface area (Å²) in [5, 5.41) is 5.23. The highest BCUT2D eigenvalue weighted by Crippen LogP contribution is 2.52. The predicted molar refractivity (Wildman–Crippen MR) is 152 cm³/mol. The van der Waals surface area contributed by atoms with Crippen molar-refractivity contribution in [2.45, 2.75) is 19.3 Å². The fourth-order valence-electron chi connectivity index (χ4n) is 6.12. The van der Waals surface area contributed by atoms with Crippen molar-refractivity contribution in [3.8, 4) is 5.69 Å². The number of hydrogen-bond acceptors (Lipinski definition) is 1. The van der Waals surface area contributed by atoms with E-state index in [1.807, 2.05) is 36.4 Å². The first-order valence-electron chi connectivity index (χ1n) is 12.4. The zero-order chi connectivity index (χ0) is 24.5. The highest BCUT2D eigenvalue weighted by Gasteiger charge is 2.44. The van der Waals surface area contributed by atoms with Crippen molar-refractivity contribution in [2.24, 2.45) is 0 Å². The molecule has 1 aliphatic heterocycles. The molecular weight excluding hydrogens is 457 g/mol. The average Bonchev–Trinajstić information content (AvgIpc) is 3.27. The van der Waals surface area contributed by atoms with Gasteiger partial charge in [-0.05, 0) is 35.4 Å². The third kappa shape index (κ3) is 2.77. The van der Waals surface area contributed by atoms with Gasteiger partial charge in [0.1, 0.15) is 0 Å². The van der Waals surface area contributed by atoms with Gasteiger partial charge in [0, 0.05) is 37.8 Å². The number of benzene rings is 5. The molecule has 1 atom stereocenters. The van der Waals surface area contributed by atoms with Gasteiger partial charge in [0.15, 0.2) is 7.14 Å². The Morgan fingerprint density at radius 2 is 1.14 bits per heavy atom. The van der Waals surface area contributed by atoms with Crippen LogP contribution in [0.3, 0.4) is 0 Å². The lowest BCUT2D eigenvalue weighted by molar-refractivity contribution is 0.586. The summed E-state index contributed by atoms with van der Waals surface area (Å²) in [7, 11) is -3.09. The molecule has 6 aromatic rings. The summed E-state index contributed by atoms with van der Waals surface area (Å²) >= 11 is 0. The molecule has 36 heavy (non-hydrogen) atoms. The monoisotopic (exact) mass is 483 g/mol. The molecule has 0 saturated heterocycles. The Labute approximate surface area is 211 Å². The molecule has 1 unspecified atom stereocenters. The molecule has 7 rings (SSSR count). The van der Waals surface area contributed by atoms with Gasteiger partial charge in [0.05, 0.1) is 11.0 Å². The number of rotatable bonds is 2. The summed E-state index contributed by atoms with van der Waals surface area (Å²) in [6.45, 7) is 4.50. The van der Waals surface area contributed by atoms with E-state index >= 15 is 4.57 Å². The molecule has 2 heterocycles. The number of nitrogens with zero attached hydrogens (tertiary/aromatic N) is 1. The fourth-order valence-corrected chi connectivity index (χ4v) is 9.52. The molecule has 0 fully saturated rings. The van der Waals surface area contributed by atoms with Crippen LogP contribution in [0.15, 0.2) is 121 Å². The SMILES string of the molecule is CC1(C)c2ccccc2P(=O)(c2ccccc2)c2cc(-n3c4ccccc4c4ccccc43)ccc21. The van der Waals surface area contributed by atoms with E-state index in [4.69, 9.17) is 0 Å². The fraction of sp³-hybridized carbons (Fsp3) is 0.0909. The van der Waals surface area contributed by atoms with E-state index in [1.54, 1.807) is 0 Å². The summed E-state index contributed by atoms with van der Waals surface area (Å²) in [5.74, 6) is 0. The molecule has 0 saturated carbocycles. The van der Waals surface area contributed by atoms with E-state index in [-0.39, 0.29) is 5.41 Å². The summed E-state index contributed by atoms with van der Waals surface area (Å²) in [4.78, 5) is 0. The predicted octanol–water partition coefficient (Wildman–Crippen LogP) is 7.06. The highest BCUT2D eigenvalue weighted by molar-refractivity contribution is 7.85. The molecule has 1 aliphatic rings. The van der Waals surface area contributed by atoms with Crippen molar-refractivity contribution in [3.63, 3.8) is 0 Å². The van der Waals surface area contributed by atoms with Crippen LogP contribution in [-0.2, 0) is 9.98 Å². The Morgan fingerprint density at radius 1 is 0.583 bits per heavy atom. The number of aromatic nitrogens is 1. The van der Waals surface area contributed by atoms with Gasteiger partial charge >= 0.3 is 0 Å². The second-order valence-corrected chi connectivity index (χ2v) is 12.9. The zero-order valence-electron chi connectivity index (χ0n) is 20.3. The van der Waals surface area contributed by atoms with E-state index in [9.17, 15) is 0 Å². The first kappa shape index (κ1) is 21.4. The summed E-state index contributed by atoms with van der Waals surface area (Å²) in [6, 6.07) is 42.0. The van der Waals surface area contributed by atoms with Gasteiger partial charge in [-0.15, -0.1) is 0 Å². The lowest BCUT2D eigenvalue weighted by Crippen LogP contribution is -2.42. The maximum Gasteiger partial charge on any atom is 0.171 e. The standard InChI is InChI=1S/C33H26NOP/c1-33(2)27-16-8-11-19-31(27)36(35,24-12-4-3-5-13-24)32-22-23(20-21-28(32)33)34-29-17-9-6-14-25(29)26-15-7-10-18-30(26)34/h3-22H,1-2H3. The van der Waals surface area contributed by atoms with Gasteiger partial charge in [0.25, 0.3) is 0 Å². The Hall–Kier alpha value is -3.87. The summed E-state index contributed by atoms with van der Waals surface area (Å²) in [5.41, 5.74) is 5.38. The van der Waals surface area contributed by atoms with Crippen LogP contribution in [-0.4, -0.2) is 4.57 Å². The Balaban J connectivity index is 1.59. The van der Waals surface area contributed by atoms with Crippen molar-refractivity contribution >= 4 is 44.9 Å². The molecular formula is C33H26NOP. The molecule has 0 bridgehead atoms. The normalized spacial score (nSPS) is 18.2. The average molecular weight is 484 g/mol. The summed E-state index contributed by atoms with van der Waals surface area (Å²) in [6.07, 6.45) is 0. The van der Waals surface area contributed by atoms with Crippen molar-refractivity contribution in [1.29, 1.82) is 0 Å². The van der Waals surface area contributed by atoms with E-state index in [0.717, 1.165) is 43.8 Å². The van der Waals surface area contributed by atoms with E-state index < -0.39 is 7.14 Å². The molecule has 5 aromatic carbocycles. The second-order valence-electron chi connectivity index (χ2n) is 10.2.